The molecule has 0 aliphatic heterocycles. The number of amides is 1. The van der Waals surface area contributed by atoms with E-state index in [9.17, 15) is 9.59 Å². The number of nitrogens with one attached hydrogen (secondary N) is 1. The Balaban J connectivity index is 1.90. The highest BCUT2D eigenvalue weighted by atomic mass is 32.2. The van der Waals surface area contributed by atoms with Crippen LogP contribution in [0.2, 0.25) is 0 Å². The van der Waals surface area contributed by atoms with Crippen LogP contribution in [0.4, 0.5) is 5.69 Å². The third-order valence-corrected chi connectivity index (χ3v) is 5.43. The van der Waals surface area contributed by atoms with Crippen LogP contribution in [0.25, 0.3) is 10.2 Å². The SMILES string of the molecule is CCSc1ccccc1C(=O)Nc1ccc2c(c1)sc(=O)n2C. The summed E-state index contributed by atoms with van der Waals surface area (Å²) < 4.78 is 2.48. The number of carbonyl (C=O) groups excluding carboxylic acids is 1. The molecule has 0 aliphatic rings. The Bertz CT molecular complexity index is 928. The van der Waals surface area contributed by atoms with Crippen LogP contribution in [0.1, 0.15) is 17.3 Å². The Morgan fingerprint density at radius 3 is 2.83 bits per heavy atom. The molecular formula is C17H16N2O2S2. The molecule has 3 rings (SSSR count). The van der Waals surface area contributed by atoms with Crippen molar-refractivity contribution in [2.45, 2.75) is 11.8 Å². The molecule has 0 saturated carbocycles. The molecule has 0 fully saturated rings. The van der Waals surface area contributed by atoms with Crippen LogP contribution in [-0.2, 0) is 7.05 Å². The highest BCUT2D eigenvalue weighted by Gasteiger charge is 2.12. The van der Waals surface area contributed by atoms with Crippen molar-refractivity contribution in [2.75, 3.05) is 11.1 Å². The highest BCUT2D eigenvalue weighted by molar-refractivity contribution is 7.99. The van der Waals surface area contributed by atoms with Crippen molar-refractivity contribution >= 4 is 44.9 Å². The Hall–Kier alpha value is -2.05. The van der Waals surface area contributed by atoms with Crippen molar-refractivity contribution < 1.29 is 4.79 Å². The predicted molar refractivity (Wildman–Crippen MR) is 97.9 cm³/mol. The number of thioether (sulfide) groups is 1. The smallest absolute Gasteiger partial charge is 0.307 e. The topological polar surface area (TPSA) is 51.1 Å². The van der Waals surface area contributed by atoms with Crippen molar-refractivity contribution in [2.24, 2.45) is 7.05 Å². The average molecular weight is 344 g/mol. The number of aryl methyl sites for hydroxylation is 1. The zero-order valence-corrected chi connectivity index (χ0v) is 14.5. The molecule has 1 heterocycles. The van der Waals surface area contributed by atoms with E-state index in [2.05, 4.69) is 12.2 Å². The second-order valence-electron chi connectivity index (χ2n) is 4.99. The van der Waals surface area contributed by atoms with E-state index in [0.29, 0.717) is 11.3 Å². The monoisotopic (exact) mass is 344 g/mol. The molecule has 1 aromatic heterocycles. The lowest BCUT2D eigenvalue weighted by Crippen LogP contribution is -2.13. The fourth-order valence-corrected chi connectivity index (χ4v) is 4.07. The molecule has 23 heavy (non-hydrogen) atoms. The quantitative estimate of drug-likeness (QED) is 0.729. The Morgan fingerprint density at radius 2 is 2.04 bits per heavy atom. The van der Waals surface area contributed by atoms with Crippen molar-refractivity contribution in [1.29, 1.82) is 0 Å². The minimum atomic E-state index is -0.135. The maximum atomic E-state index is 12.5. The van der Waals surface area contributed by atoms with Gasteiger partial charge in [0.25, 0.3) is 5.91 Å². The predicted octanol–water partition coefficient (Wildman–Crippen LogP) is 3.96. The number of rotatable bonds is 4. The first kappa shape index (κ1) is 15.8. The van der Waals surface area contributed by atoms with E-state index in [4.69, 9.17) is 0 Å². The molecule has 1 amide bonds. The second-order valence-corrected chi connectivity index (χ2v) is 7.29. The molecule has 0 atom stereocenters. The average Bonchev–Trinajstić information content (AvgIpc) is 2.82. The zero-order valence-electron chi connectivity index (χ0n) is 12.8. The summed E-state index contributed by atoms with van der Waals surface area (Å²) in [4.78, 5) is 25.2. The normalized spacial score (nSPS) is 10.9. The number of nitrogens with zero attached hydrogens (tertiary/aromatic N) is 1. The van der Waals surface area contributed by atoms with Crippen LogP contribution in [0.3, 0.4) is 0 Å². The number of benzene rings is 2. The molecule has 0 unspecified atom stereocenters. The number of hydrogen-bond acceptors (Lipinski definition) is 4. The Labute approximate surface area is 142 Å². The van der Waals surface area contributed by atoms with Crippen molar-refractivity contribution in [3.8, 4) is 0 Å². The number of carbonyl (C=O) groups is 1. The van der Waals surface area contributed by atoms with Crippen LogP contribution < -0.4 is 10.2 Å². The van der Waals surface area contributed by atoms with Gasteiger partial charge in [-0.25, -0.2) is 0 Å². The summed E-state index contributed by atoms with van der Waals surface area (Å²) in [7, 11) is 1.75. The van der Waals surface area contributed by atoms with Crippen molar-refractivity contribution in [1.82, 2.24) is 4.57 Å². The molecule has 3 aromatic rings. The summed E-state index contributed by atoms with van der Waals surface area (Å²) in [5.74, 6) is 0.776. The largest absolute Gasteiger partial charge is 0.322 e. The van der Waals surface area contributed by atoms with Gasteiger partial charge in [0, 0.05) is 17.6 Å². The summed E-state index contributed by atoms with van der Waals surface area (Å²) in [6, 6.07) is 13.1. The first-order valence-corrected chi connectivity index (χ1v) is 9.03. The first-order valence-electron chi connectivity index (χ1n) is 7.23. The van der Waals surface area contributed by atoms with Gasteiger partial charge in [-0.05, 0) is 36.1 Å². The van der Waals surface area contributed by atoms with Gasteiger partial charge < -0.3 is 9.88 Å². The van der Waals surface area contributed by atoms with Gasteiger partial charge in [-0.2, -0.15) is 0 Å². The molecule has 0 bridgehead atoms. The fraction of sp³-hybridized carbons (Fsp3) is 0.176. The highest BCUT2D eigenvalue weighted by Crippen LogP contribution is 2.25. The molecule has 2 aromatic carbocycles. The summed E-state index contributed by atoms with van der Waals surface area (Å²) in [6.07, 6.45) is 0. The Kier molecular flexibility index (Phi) is 4.54. The van der Waals surface area contributed by atoms with E-state index in [0.717, 1.165) is 20.9 Å². The first-order chi connectivity index (χ1) is 11.1. The minimum Gasteiger partial charge on any atom is -0.322 e. The van der Waals surface area contributed by atoms with E-state index >= 15 is 0 Å². The van der Waals surface area contributed by atoms with Gasteiger partial charge in [0.15, 0.2) is 0 Å². The molecule has 6 heteroatoms. The maximum absolute atomic E-state index is 12.5. The standard InChI is InChI=1S/C17H16N2O2S2/c1-3-22-14-7-5-4-6-12(14)16(20)18-11-8-9-13-15(10-11)23-17(21)19(13)2/h4-10H,3H2,1-2H3,(H,18,20). The molecule has 118 valence electrons. The fourth-order valence-electron chi connectivity index (χ4n) is 2.35. The lowest BCUT2D eigenvalue weighted by Gasteiger charge is -2.09. The second kappa shape index (κ2) is 6.60. The number of fused-ring (bicyclic) bond motifs is 1. The van der Waals surface area contributed by atoms with Crippen LogP contribution in [0, 0.1) is 0 Å². The number of hydrogen-bond donors (Lipinski definition) is 1. The zero-order chi connectivity index (χ0) is 16.4. The number of anilines is 1. The van der Waals surface area contributed by atoms with E-state index < -0.39 is 0 Å². The third-order valence-electron chi connectivity index (χ3n) is 3.48. The summed E-state index contributed by atoms with van der Waals surface area (Å²) in [6.45, 7) is 2.06. The summed E-state index contributed by atoms with van der Waals surface area (Å²) in [5.41, 5.74) is 2.24. The van der Waals surface area contributed by atoms with Gasteiger partial charge in [-0.3, -0.25) is 9.59 Å². The van der Waals surface area contributed by atoms with Gasteiger partial charge >= 0.3 is 4.87 Å². The van der Waals surface area contributed by atoms with E-state index in [-0.39, 0.29) is 10.8 Å². The van der Waals surface area contributed by atoms with Crippen molar-refractivity contribution in [3.63, 3.8) is 0 Å². The third kappa shape index (κ3) is 3.18. The van der Waals surface area contributed by atoms with Crippen LogP contribution in [-0.4, -0.2) is 16.2 Å². The molecule has 0 radical (unpaired) electrons. The molecule has 0 saturated heterocycles. The van der Waals surface area contributed by atoms with Gasteiger partial charge in [0.1, 0.15) is 0 Å². The molecule has 1 N–H and O–H groups in total. The van der Waals surface area contributed by atoms with E-state index in [1.54, 1.807) is 23.4 Å². The molecule has 0 spiro atoms. The Morgan fingerprint density at radius 1 is 1.26 bits per heavy atom. The minimum absolute atomic E-state index is 0.00633. The number of aromatic nitrogens is 1. The molecular weight excluding hydrogens is 328 g/mol. The maximum Gasteiger partial charge on any atom is 0.307 e. The van der Waals surface area contributed by atoms with Crippen LogP contribution in [0.15, 0.2) is 52.2 Å². The molecule has 0 aliphatic carbocycles. The summed E-state index contributed by atoms with van der Waals surface area (Å²) in [5, 5.41) is 2.92. The van der Waals surface area contributed by atoms with Gasteiger partial charge in [0.2, 0.25) is 0 Å². The van der Waals surface area contributed by atoms with Gasteiger partial charge in [-0.1, -0.05) is 30.4 Å². The lowest BCUT2D eigenvalue weighted by molar-refractivity contribution is 0.102. The van der Waals surface area contributed by atoms with E-state index in [1.165, 1.54) is 11.3 Å². The van der Waals surface area contributed by atoms with Crippen LogP contribution in [0.5, 0.6) is 0 Å². The lowest BCUT2D eigenvalue weighted by atomic mass is 10.2. The molecule has 4 nitrogen and oxygen atoms in total. The van der Waals surface area contributed by atoms with Crippen LogP contribution >= 0.6 is 23.1 Å². The number of thiazole rings is 1. The van der Waals surface area contributed by atoms with Gasteiger partial charge in [0.05, 0.1) is 15.8 Å². The summed E-state index contributed by atoms with van der Waals surface area (Å²) >= 11 is 2.82. The van der Waals surface area contributed by atoms with Crippen molar-refractivity contribution in [3.05, 3.63) is 57.7 Å². The van der Waals surface area contributed by atoms with E-state index in [1.807, 2.05) is 42.5 Å². The van der Waals surface area contributed by atoms with Gasteiger partial charge in [-0.15, -0.1) is 11.8 Å².